The summed E-state index contributed by atoms with van der Waals surface area (Å²) in [5.41, 5.74) is 0.780. The number of rotatable bonds is 9. The molecule has 134 valence electrons. The monoisotopic (exact) mass is 349 g/mol. The highest BCUT2D eigenvalue weighted by molar-refractivity contribution is 5.80. The van der Waals surface area contributed by atoms with Gasteiger partial charge in [-0.1, -0.05) is 12.1 Å². The summed E-state index contributed by atoms with van der Waals surface area (Å²) >= 11 is 0. The summed E-state index contributed by atoms with van der Waals surface area (Å²) in [5.74, 6) is -0.977. The number of aliphatic carboxylic acids is 1. The highest BCUT2D eigenvalue weighted by atomic mass is 19.1. The highest BCUT2D eigenvalue weighted by Crippen LogP contribution is 2.15. The van der Waals surface area contributed by atoms with E-state index in [0.717, 1.165) is 5.56 Å². The Bertz CT molecular complexity index is 717. The number of amides is 1. The van der Waals surface area contributed by atoms with E-state index in [1.807, 2.05) is 0 Å². The molecular formula is C16H20FN5O3. The topological polar surface area (TPSA) is 110 Å². The summed E-state index contributed by atoms with van der Waals surface area (Å²) in [5, 5.41) is 22.6. The minimum absolute atomic E-state index is 0.0704. The molecule has 0 spiro atoms. The fourth-order valence-electron chi connectivity index (χ4n) is 2.39. The molecule has 1 unspecified atom stereocenters. The molecule has 0 saturated carbocycles. The van der Waals surface area contributed by atoms with Crippen LogP contribution in [0.15, 0.2) is 24.3 Å². The Kier molecular flexibility index (Phi) is 6.55. The van der Waals surface area contributed by atoms with Crippen LogP contribution in [0.25, 0.3) is 0 Å². The maximum absolute atomic E-state index is 13.1. The standard InChI is InChI=1S/C16H20FN5O3/c1-11-19-20-21-22(11)14(10-12-5-7-13(17)8-6-12)16(25)18-9-3-2-4-15(23)24/h5-8,14H,2-4,9-10H2,1H3,(H,18,25)(H,23,24). The van der Waals surface area contributed by atoms with Gasteiger partial charge in [-0.25, -0.2) is 9.07 Å². The largest absolute Gasteiger partial charge is 0.481 e. The van der Waals surface area contributed by atoms with Crippen molar-refractivity contribution in [3.05, 3.63) is 41.5 Å². The number of unbranched alkanes of at least 4 members (excludes halogenated alkanes) is 1. The van der Waals surface area contributed by atoms with E-state index < -0.39 is 12.0 Å². The van der Waals surface area contributed by atoms with Gasteiger partial charge in [0.05, 0.1) is 0 Å². The molecule has 0 radical (unpaired) electrons. The molecule has 0 bridgehead atoms. The number of aromatic nitrogens is 4. The first-order chi connectivity index (χ1) is 12.0. The van der Waals surface area contributed by atoms with Gasteiger partial charge in [-0.05, 0) is 47.9 Å². The highest BCUT2D eigenvalue weighted by Gasteiger charge is 2.24. The number of carbonyl (C=O) groups excluding carboxylic acids is 1. The van der Waals surface area contributed by atoms with Gasteiger partial charge < -0.3 is 10.4 Å². The van der Waals surface area contributed by atoms with Crippen LogP contribution in [-0.4, -0.2) is 43.7 Å². The molecule has 9 heteroatoms. The van der Waals surface area contributed by atoms with Crippen LogP contribution in [0.1, 0.15) is 36.7 Å². The molecule has 1 atom stereocenters. The summed E-state index contributed by atoms with van der Waals surface area (Å²) in [4.78, 5) is 23.0. The van der Waals surface area contributed by atoms with Crippen molar-refractivity contribution in [3.8, 4) is 0 Å². The molecule has 2 rings (SSSR count). The molecule has 1 aromatic carbocycles. The van der Waals surface area contributed by atoms with Gasteiger partial charge >= 0.3 is 5.97 Å². The number of nitrogens with one attached hydrogen (secondary N) is 1. The third-order valence-corrected chi connectivity index (χ3v) is 3.71. The van der Waals surface area contributed by atoms with Gasteiger partial charge in [-0.2, -0.15) is 0 Å². The zero-order valence-corrected chi connectivity index (χ0v) is 13.9. The number of aryl methyl sites for hydroxylation is 1. The number of carbonyl (C=O) groups is 2. The summed E-state index contributed by atoms with van der Waals surface area (Å²) in [6.45, 7) is 2.06. The molecular weight excluding hydrogens is 329 g/mol. The second-order valence-corrected chi connectivity index (χ2v) is 5.66. The molecule has 1 amide bonds. The smallest absolute Gasteiger partial charge is 0.303 e. The lowest BCUT2D eigenvalue weighted by molar-refractivity contribution is -0.137. The molecule has 2 N–H and O–H groups in total. The number of nitrogens with zero attached hydrogens (tertiary/aromatic N) is 4. The van der Waals surface area contributed by atoms with Crippen molar-refractivity contribution in [1.29, 1.82) is 0 Å². The SMILES string of the molecule is Cc1nnnn1C(Cc1ccc(F)cc1)C(=O)NCCCCC(=O)O. The van der Waals surface area contributed by atoms with Crippen molar-refractivity contribution in [2.75, 3.05) is 6.54 Å². The van der Waals surface area contributed by atoms with E-state index in [-0.39, 0.29) is 18.1 Å². The van der Waals surface area contributed by atoms with Gasteiger partial charge in [0.1, 0.15) is 17.7 Å². The van der Waals surface area contributed by atoms with Crippen LogP contribution in [0.4, 0.5) is 4.39 Å². The first kappa shape index (κ1) is 18.5. The van der Waals surface area contributed by atoms with Crippen molar-refractivity contribution < 1.29 is 19.1 Å². The van der Waals surface area contributed by atoms with E-state index in [1.165, 1.54) is 16.8 Å². The lowest BCUT2D eigenvalue weighted by Gasteiger charge is -2.17. The van der Waals surface area contributed by atoms with E-state index in [2.05, 4.69) is 20.8 Å². The molecule has 0 aliphatic carbocycles. The Balaban J connectivity index is 2.01. The average molecular weight is 349 g/mol. The van der Waals surface area contributed by atoms with Crippen molar-refractivity contribution in [3.63, 3.8) is 0 Å². The van der Waals surface area contributed by atoms with Crippen LogP contribution in [0.5, 0.6) is 0 Å². The van der Waals surface area contributed by atoms with Crippen LogP contribution >= 0.6 is 0 Å². The number of carboxylic acid groups (broad SMARTS) is 1. The fraction of sp³-hybridized carbons (Fsp3) is 0.438. The third-order valence-electron chi connectivity index (χ3n) is 3.71. The zero-order valence-electron chi connectivity index (χ0n) is 13.9. The predicted octanol–water partition coefficient (Wildman–Crippen LogP) is 1.28. The molecule has 0 aliphatic rings. The summed E-state index contributed by atoms with van der Waals surface area (Å²) in [6.07, 6.45) is 1.44. The first-order valence-corrected chi connectivity index (χ1v) is 7.96. The number of hydrogen-bond acceptors (Lipinski definition) is 5. The van der Waals surface area contributed by atoms with Crippen LogP contribution in [0.2, 0.25) is 0 Å². The second kappa shape index (κ2) is 8.86. The summed E-state index contributed by atoms with van der Waals surface area (Å²) in [7, 11) is 0. The van der Waals surface area contributed by atoms with E-state index in [9.17, 15) is 14.0 Å². The van der Waals surface area contributed by atoms with Crippen LogP contribution in [-0.2, 0) is 16.0 Å². The van der Waals surface area contributed by atoms with E-state index in [4.69, 9.17) is 5.11 Å². The van der Waals surface area contributed by atoms with Crippen molar-refractivity contribution in [1.82, 2.24) is 25.5 Å². The number of tetrazole rings is 1. The van der Waals surface area contributed by atoms with Crippen molar-refractivity contribution in [2.24, 2.45) is 0 Å². The molecule has 1 heterocycles. The van der Waals surface area contributed by atoms with Gasteiger partial charge in [0.15, 0.2) is 0 Å². The zero-order chi connectivity index (χ0) is 18.2. The predicted molar refractivity (Wildman–Crippen MR) is 86.2 cm³/mol. The maximum atomic E-state index is 13.1. The Morgan fingerprint density at radius 2 is 2.00 bits per heavy atom. The quantitative estimate of drug-likeness (QED) is 0.660. The summed E-state index contributed by atoms with van der Waals surface area (Å²) < 4.78 is 14.5. The fourth-order valence-corrected chi connectivity index (χ4v) is 2.39. The molecule has 25 heavy (non-hydrogen) atoms. The van der Waals surface area contributed by atoms with Crippen molar-refractivity contribution in [2.45, 2.75) is 38.6 Å². The van der Waals surface area contributed by atoms with Crippen molar-refractivity contribution >= 4 is 11.9 Å². The number of carboxylic acids is 1. The number of hydrogen-bond donors (Lipinski definition) is 2. The van der Waals surface area contributed by atoms with Crippen LogP contribution < -0.4 is 5.32 Å². The van der Waals surface area contributed by atoms with Crippen LogP contribution in [0.3, 0.4) is 0 Å². The Hall–Kier alpha value is -2.84. The maximum Gasteiger partial charge on any atom is 0.303 e. The summed E-state index contributed by atoms with van der Waals surface area (Å²) in [6, 6.07) is 5.23. The normalized spacial score (nSPS) is 11.9. The molecule has 8 nitrogen and oxygen atoms in total. The Labute approximate surface area is 144 Å². The first-order valence-electron chi connectivity index (χ1n) is 7.96. The average Bonchev–Trinajstić information content (AvgIpc) is 2.99. The minimum atomic E-state index is -0.857. The molecule has 0 aliphatic heterocycles. The van der Waals surface area contributed by atoms with E-state index >= 15 is 0 Å². The van der Waals surface area contributed by atoms with Gasteiger partial charge in [0.2, 0.25) is 5.91 Å². The van der Waals surface area contributed by atoms with Gasteiger partial charge in [-0.15, -0.1) is 5.10 Å². The molecule has 0 fully saturated rings. The lowest BCUT2D eigenvalue weighted by Crippen LogP contribution is -2.35. The molecule has 1 aromatic heterocycles. The van der Waals surface area contributed by atoms with Gasteiger partial charge in [0.25, 0.3) is 0 Å². The lowest BCUT2D eigenvalue weighted by atomic mass is 10.0. The van der Waals surface area contributed by atoms with Gasteiger partial charge in [0, 0.05) is 19.4 Å². The van der Waals surface area contributed by atoms with Gasteiger partial charge in [-0.3, -0.25) is 9.59 Å². The molecule has 0 saturated heterocycles. The van der Waals surface area contributed by atoms with E-state index in [0.29, 0.717) is 31.6 Å². The Morgan fingerprint density at radius 1 is 1.28 bits per heavy atom. The molecule has 2 aromatic rings. The van der Waals surface area contributed by atoms with Crippen LogP contribution in [0, 0.1) is 12.7 Å². The number of benzene rings is 1. The number of halogens is 1. The minimum Gasteiger partial charge on any atom is -0.481 e. The Morgan fingerprint density at radius 3 is 2.60 bits per heavy atom. The third kappa shape index (κ3) is 5.63. The van der Waals surface area contributed by atoms with E-state index in [1.54, 1.807) is 19.1 Å². The second-order valence-electron chi connectivity index (χ2n) is 5.66.